The van der Waals surface area contributed by atoms with Gasteiger partial charge in [0.05, 0.1) is 12.8 Å². The van der Waals surface area contributed by atoms with E-state index in [1.165, 1.54) is 18.2 Å². The number of nitrogens with zero attached hydrogens (tertiary/aromatic N) is 2. The summed E-state index contributed by atoms with van der Waals surface area (Å²) in [5.74, 6) is 0.893. The van der Waals surface area contributed by atoms with Gasteiger partial charge >= 0.3 is 0 Å². The first-order chi connectivity index (χ1) is 12.2. The van der Waals surface area contributed by atoms with Crippen molar-refractivity contribution in [2.45, 2.75) is 13.5 Å². The summed E-state index contributed by atoms with van der Waals surface area (Å²) in [7, 11) is 1.72. The van der Waals surface area contributed by atoms with Crippen LogP contribution in [-0.2, 0) is 11.3 Å². The van der Waals surface area contributed by atoms with Gasteiger partial charge in [0.15, 0.2) is 0 Å². The third-order valence-corrected chi connectivity index (χ3v) is 4.48. The SMILES string of the molecule is COc1ccccc1N1CCN(Cc2ccc(NC(C)=O)cc2)CC1. The molecule has 25 heavy (non-hydrogen) atoms. The van der Waals surface area contributed by atoms with E-state index in [0.29, 0.717) is 0 Å². The van der Waals surface area contributed by atoms with Crippen LogP contribution in [0.2, 0.25) is 0 Å². The molecule has 2 aromatic carbocycles. The van der Waals surface area contributed by atoms with Crippen LogP contribution in [0.3, 0.4) is 0 Å². The molecule has 1 amide bonds. The van der Waals surface area contributed by atoms with E-state index in [-0.39, 0.29) is 5.91 Å². The van der Waals surface area contributed by atoms with Gasteiger partial charge in [0.1, 0.15) is 5.75 Å². The largest absolute Gasteiger partial charge is 0.495 e. The van der Waals surface area contributed by atoms with Crippen LogP contribution in [0.4, 0.5) is 11.4 Å². The summed E-state index contributed by atoms with van der Waals surface area (Å²) in [6.07, 6.45) is 0. The third kappa shape index (κ3) is 4.51. The van der Waals surface area contributed by atoms with Crippen LogP contribution >= 0.6 is 0 Å². The Labute approximate surface area is 149 Å². The first-order valence-electron chi connectivity index (χ1n) is 8.62. The van der Waals surface area contributed by atoms with Crippen molar-refractivity contribution < 1.29 is 9.53 Å². The molecule has 0 unspecified atom stereocenters. The number of hydrogen-bond donors (Lipinski definition) is 1. The van der Waals surface area contributed by atoms with Crippen molar-refractivity contribution in [1.29, 1.82) is 0 Å². The number of nitrogens with one attached hydrogen (secondary N) is 1. The fourth-order valence-electron chi connectivity index (χ4n) is 3.19. The summed E-state index contributed by atoms with van der Waals surface area (Å²) >= 11 is 0. The molecule has 0 aliphatic carbocycles. The van der Waals surface area contributed by atoms with Crippen molar-refractivity contribution >= 4 is 17.3 Å². The van der Waals surface area contributed by atoms with Gasteiger partial charge in [0, 0.05) is 45.3 Å². The minimum Gasteiger partial charge on any atom is -0.495 e. The fourth-order valence-corrected chi connectivity index (χ4v) is 3.19. The number of carbonyl (C=O) groups excluding carboxylic acids is 1. The molecule has 1 heterocycles. The minimum atomic E-state index is -0.0415. The van der Waals surface area contributed by atoms with Crippen LogP contribution < -0.4 is 15.0 Å². The summed E-state index contributed by atoms with van der Waals surface area (Å²) in [5.41, 5.74) is 3.28. The molecule has 5 nitrogen and oxygen atoms in total. The van der Waals surface area contributed by atoms with E-state index in [2.05, 4.69) is 39.4 Å². The molecule has 3 rings (SSSR count). The number of hydrogen-bond acceptors (Lipinski definition) is 4. The predicted molar refractivity (Wildman–Crippen MR) is 101 cm³/mol. The van der Waals surface area contributed by atoms with Gasteiger partial charge in [-0.2, -0.15) is 0 Å². The highest BCUT2D eigenvalue weighted by molar-refractivity contribution is 5.88. The highest BCUT2D eigenvalue weighted by Gasteiger charge is 2.19. The Hall–Kier alpha value is -2.53. The van der Waals surface area contributed by atoms with Crippen molar-refractivity contribution in [1.82, 2.24) is 4.90 Å². The van der Waals surface area contributed by atoms with E-state index >= 15 is 0 Å². The van der Waals surface area contributed by atoms with E-state index in [4.69, 9.17) is 4.74 Å². The average molecular weight is 339 g/mol. The van der Waals surface area contributed by atoms with Gasteiger partial charge in [-0.25, -0.2) is 0 Å². The molecular formula is C20H25N3O2. The maximum atomic E-state index is 11.1. The van der Waals surface area contributed by atoms with E-state index in [0.717, 1.165) is 44.2 Å². The number of anilines is 2. The van der Waals surface area contributed by atoms with Gasteiger partial charge in [-0.05, 0) is 29.8 Å². The minimum absolute atomic E-state index is 0.0415. The maximum absolute atomic E-state index is 11.1. The molecule has 1 saturated heterocycles. The summed E-state index contributed by atoms with van der Waals surface area (Å²) < 4.78 is 5.47. The molecule has 0 radical (unpaired) electrons. The van der Waals surface area contributed by atoms with Crippen LogP contribution in [0.25, 0.3) is 0 Å². The van der Waals surface area contributed by atoms with Crippen LogP contribution in [0, 0.1) is 0 Å². The standard InChI is InChI=1S/C20H25N3O2/c1-16(24)21-18-9-7-17(8-10-18)15-22-11-13-23(14-12-22)19-5-3-4-6-20(19)25-2/h3-10H,11-15H2,1-2H3,(H,21,24). The highest BCUT2D eigenvalue weighted by Crippen LogP contribution is 2.28. The molecule has 0 spiro atoms. The molecule has 0 bridgehead atoms. The number of benzene rings is 2. The number of methoxy groups -OCH3 is 1. The number of carbonyl (C=O) groups is 1. The monoisotopic (exact) mass is 339 g/mol. The summed E-state index contributed by atoms with van der Waals surface area (Å²) in [6, 6.07) is 16.3. The van der Waals surface area contributed by atoms with E-state index in [1.807, 2.05) is 24.3 Å². The lowest BCUT2D eigenvalue weighted by Gasteiger charge is -2.36. The van der Waals surface area contributed by atoms with E-state index < -0.39 is 0 Å². The quantitative estimate of drug-likeness (QED) is 0.910. The second-order valence-corrected chi connectivity index (χ2v) is 6.31. The second-order valence-electron chi connectivity index (χ2n) is 6.31. The molecule has 1 fully saturated rings. The molecule has 0 saturated carbocycles. The smallest absolute Gasteiger partial charge is 0.221 e. The lowest BCUT2D eigenvalue weighted by Crippen LogP contribution is -2.46. The van der Waals surface area contributed by atoms with Gasteiger partial charge in [-0.15, -0.1) is 0 Å². The Morgan fingerprint density at radius 1 is 1.04 bits per heavy atom. The van der Waals surface area contributed by atoms with Crippen LogP contribution in [-0.4, -0.2) is 44.1 Å². The van der Waals surface area contributed by atoms with Crippen molar-refractivity contribution in [3.05, 3.63) is 54.1 Å². The van der Waals surface area contributed by atoms with Crippen LogP contribution in [0.1, 0.15) is 12.5 Å². The lowest BCUT2D eigenvalue weighted by atomic mass is 10.1. The zero-order chi connectivity index (χ0) is 17.6. The average Bonchev–Trinajstić information content (AvgIpc) is 2.63. The Balaban J connectivity index is 1.55. The molecule has 1 N–H and O–H groups in total. The molecule has 1 aliphatic heterocycles. The molecule has 0 atom stereocenters. The highest BCUT2D eigenvalue weighted by atomic mass is 16.5. The molecule has 5 heteroatoms. The van der Waals surface area contributed by atoms with Crippen molar-refractivity contribution in [2.24, 2.45) is 0 Å². The third-order valence-electron chi connectivity index (χ3n) is 4.48. The molecule has 132 valence electrons. The summed E-state index contributed by atoms with van der Waals surface area (Å²) in [6.45, 7) is 6.47. The fraction of sp³-hybridized carbons (Fsp3) is 0.350. The lowest BCUT2D eigenvalue weighted by molar-refractivity contribution is -0.114. The number of ether oxygens (including phenoxy) is 1. The van der Waals surface area contributed by atoms with Gasteiger partial charge in [-0.1, -0.05) is 24.3 Å². The Bertz CT molecular complexity index is 707. The Morgan fingerprint density at radius 2 is 1.72 bits per heavy atom. The zero-order valence-corrected chi connectivity index (χ0v) is 14.9. The van der Waals surface area contributed by atoms with Gasteiger partial charge in [0.25, 0.3) is 0 Å². The Kier molecular flexibility index (Phi) is 5.56. The maximum Gasteiger partial charge on any atom is 0.221 e. The predicted octanol–water partition coefficient (Wildman–Crippen LogP) is 2.98. The second kappa shape index (κ2) is 8.03. The Morgan fingerprint density at radius 3 is 2.36 bits per heavy atom. The van der Waals surface area contributed by atoms with E-state index in [9.17, 15) is 4.79 Å². The van der Waals surface area contributed by atoms with Crippen LogP contribution in [0.5, 0.6) is 5.75 Å². The van der Waals surface area contributed by atoms with Crippen LogP contribution in [0.15, 0.2) is 48.5 Å². The normalized spacial score (nSPS) is 15.0. The molecular weight excluding hydrogens is 314 g/mol. The number of piperazine rings is 1. The number of para-hydroxylation sites is 2. The van der Waals surface area contributed by atoms with Gasteiger partial charge in [-0.3, -0.25) is 9.69 Å². The topological polar surface area (TPSA) is 44.8 Å². The zero-order valence-electron chi connectivity index (χ0n) is 14.9. The van der Waals surface area contributed by atoms with Crippen molar-refractivity contribution in [3.8, 4) is 5.75 Å². The number of amides is 1. The first-order valence-corrected chi connectivity index (χ1v) is 8.62. The van der Waals surface area contributed by atoms with E-state index in [1.54, 1.807) is 7.11 Å². The summed E-state index contributed by atoms with van der Waals surface area (Å²) in [4.78, 5) is 15.9. The summed E-state index contributed by atoms with van der Waals surface area (Å²) in [5, 5.41) is 2.80. The molecule has 1 aliphatic rings. The number of rotatable bonds is 5. The first kappa shape index (κ1) is 17.3. The van der Waals surface area contributed by atoms with Gasteiger partial charge in [0.2, 0.25) is 5.91 Å². The molecule has 2 aromatic rings. The van der Waals surface area contributed by atoms with Crippen molar-refractivity contribution in [3.63, 3.8) is 0 Å². The van der Waals surface area contributed by atoms with Crippen molar-refractivity contribution in [2.75, 3.05) is 43.5 Å². The van der Waals surface area contributed by atoms with Gasteiger partial charge < -0.3 is 15.0 Å². The molecule has 0 aromatic heterocycles.